The van der Waals surface area contributed by atoms with Gasteiger partial charge in [-0.2, -0.15) is 0 Å². The van der Waals surface area contributed by atoms with Gasteiger partial charge in [0.1, 0.15) is 10.7 Å². The maximum absolute atomic E-state index is 10.9. The van der Waals surface area contributed by atoms with Crippen LogP contribution in [0.1, 0.15) is 6.42 Å². The van der Waals surface area contributed by atoms with Crippen molar-refractivity contribution in [2.24, 2.45) is 0 Å². The van der Waals surface area contributed by atoms with E-state index in [2.05, 4.69) is 10.6 Å². The topological polar surface area (TPSA) is 67.2 Å². The first-order valence-corrected chi connectivity index (χ1v) is 5.46. The van der Waals surface area contributed by atoms with Gasteiger partial charge in [0, 0.05) is 12.6 Å². The Morgan fingerprint density at radius 2 is 2.38 bits per heavy atom. The van der Waals surface area contributed by atoms with Crippen molar-refractivity contribution >= 4 is 23.0 Å². The average molecular weight is 242 g/mol. The van der Waals surface area contributed by atoms with Gasteiger partial charge >= 0.3 is 5.69 Å². The molecule has 0 bridgehead atoms. The Balaban J connectivity index is 2.25. The molecule has 1 aliphatic rings. The van der Waals surface area contributed by atoms with Crippen molar-refractivity contribution in [2.75, 3.05) is 18.4 Å². The summed E-state index contributed by atoms with van der Waals surface area (Å²) in [4.78, 5) is 10.4. The minimum absolute atomic E-state index is 0.0453. The Kier molecular flexibility index (Phi) is 3.26. The Morgan fingerprint density at radius 1 is 1.56 bits per heavy atom. The lowest BCUT2D eigenvalue weighted by molar-refractivity contribution is -0.383. The highest BCUT2D eigenvalue weighted by Gasteiger charge is 2.22. The van der Waals surface area contributed by atoms with Crippen molar-refractivity contribution in [3.8, 4) is 0 Å². The van der Waals surface area contributed by atoms with E-state index in [1.165, 1.54) is 6.07 Å². The molecule has 0 radical (unpaired) electrons. The Hall–Kier alpha value is -1.33. The minimum Gasteiger partial charge on any atom is -0.375 e. The minimum atomic E-state index is -0.451. The summed E-state index contributed by atoms with van der Waals surface area (Å²) < 4.78 is 0. The molecule has 0 aliphatic carbocycles. The summed E-state index contributed by atoms with van der Waals surface area (Å²) in [6, 6.07) is 5.15. The lowest BCUT2D eigenvalue weighted by atomic mass is 10.2. The van der Waals surface area contributed by atoms with E-state index in [0.29, 0.717) is 5.69 Å². The molecule has 86 valence electrons. The molecule has 0 spiro atoms. The van der Waals surface area contributed by atoms with Gasteiger partial charge in [0.15, 0.2) is 0 Å². The van der Waals surface area contributed by atoms with Crippen LogP contribution in [0.3, 0.4) is 0 Å². The lowest BCUT2D eigenvalue weighted by Gasteiger charge is -2.13. The van der Waals surface area contributed by atoms with Gasteiger partial charge in [-0.05, 0) is 25.1 Å². The van der Waals surface area contributed by atoms with Crippen LogP contribution in [0.4, 0.5) is 11.4 Å². The fourth-order valence-electron chi connectivity index (χ4n) is 1.82. The van der Waals surface area contributed by atoms with Crippen LogP contribution in [0.25, 0.3) is 0 Å². The van der Waals surface area contributed by atoms with Crippen LogP contribution in [0.5, 0.6) is 0 Å². The van der Waals surface area contributed by atoms with Gasteiger partial charge in [-0.25, -0.2) is 0 Å². The zero-order valence-corrected chi connectivity index (χ0v) is 9.33. The summed E-state index contributed by atoms with van der Waals surface area (Å²) >= 11 is 5.81. The quantitative estimate of drug-likeness (QED) is 0.628. The van der Waals surface area contributed by atoms with Crippen LogP contribution in [-0.2, 0) is 0 Å². The van der Waals surface area contributed by atoms with Gasteiger partial charge in [-0.15, -0.1) is 0 Å². The van der Waals surface area contributed by atoms with E-state index in [9.17, 15) is 10.1 Å². The van der Waals surface area contributed by atoms with E-state index < -0.39 is 4.92 Å². The first-order valence-electron chi connectivity index (χ1n) is 5.08. The summed E-state index contributed by atoms with van der Waals surface area (Å²) in [5, 5.41) is 17.4. The van der Waals surface area contributed by atoms with Crippen molar-refractivity contribution in [1.29, 1.82) is 0 Å². The van der Waals surface area contributed by atoms with Gasteiger partial charge in [-0.1, -0.05) is 17.7 Å². The molecular weight excluding hydrogens is 230 g/mol. The van der Waals surface area contributed by atoms with E-state index in [0.717, 1.165) is 19.5 Å². The smallest absolute Gasteiger partial charge is 0.310 e. The lowest BCUT2D eigenvalue weighted by Crippen LogP contribution is -2.22. The summed E-state index contributed by atoms with van der Waals surface area (Å²) in [6.45, 7) is 1.76. The summed E-state index contributed by atoms with van der Waals surface area (Å²) in [7, 11) is 0. The second-order valence-electron chi connectivity index (χ2n) is 3.73. The van der Waals surface area contributed by atoms with E-state index in [1.54, 1.807) is 12.1 Å². The molecule has 1 fully saturated rings. The number of hydrogen-bond acceptors (Lipinski definition) is 4. The van der Waals surface area contributed by atoms with E-state index >= 15 is 0 Å². The molecule has 2 rings (SSSR count). The molecule has 2 N–H and O–H groups in total. The number of benzene rings is 1. The number of nitrogens with one attached hydrogen (secondary N) is 2. The molecule has 0 aromatic heterocycles. The van der Waals surface area contributed by atoms with Crippen molar-refractivity contribution in [2.45, 2.75) is 12.5 Å². The molecule has 1 aliphatic heterocycles. The fourth-order valence-corrected chi connectivity index (χ4v) is 2.06. The Morgan fingerprint density at radius 3 is 3.00 bits per heavy atom. The van der Waals surface area contributed by atoms with Crippen LogP contribution in [0, 0.1) is 10.1 Å². The molecule has 1 aromatic rings. The molecule has 0 saturated carbocycles. The highest BCUT2D eigenvalue weighted by Crippen LogP contribution is 2.32. The summed E-state index contributed by atoms with van der Waals surface area (Å²) in [5.41, 5.74) is 0.447. The van der Waals surface area contributed by atoms with E-state index in [1.807, 2.05) is 0 Å². The van der Waals surface area contributed by atoms with Crippen LogP contribution < -0.4 is 10.6 Å². The molecule has 16 heavy (non-hydrogen) atoms. The van der Waals surface area contributed by atoms with Crippen LogP contribution >= 0.6 is 11.6 Å². The third kappa shape index (κ3) is 2.25. The molecule has 1 aromatic carbocycles. The normalized spacial score (nSPS) is 19.7. The number of para-hydroxylation sites is 1. The van der Waals surface area contributed by atoms with Crippen LogP contribution in [0.2, 0.25) is 5.02 Å². The third-order valence-electron chi connectivity index (χ3n) is 2.59. The highest BCUT2D eigenvalue weighted by molar-refractivity contribution is 6.33. The zero-order chi connectivity index (χ0) is 11.5. The molecule has 6 heteroatoms. The predicted octanol–water partition coefficient (Wildman–Crippen LogP) is 2.02. The number of nitrogens with zero attached hydrogens (tertiary/aromatic N) is 1. The number of nitro benzene ring substituents is 1. The number of rotatable bonds is 3. The molecule has 1 heterocycles. The molecule has 0 amide bonds. The monoisotopic (exact) mass is 241 g/mol. The van der Waals surface area contributed by atoms with Crippen molar-refractivity contribution in [3.63, 3.8) is 0 Å². The Bertz CT molecular complexity index is 405. The first-order chi connectivity index (χ1) is 7.68. The van der Waals surface area contributed by atoms with E-state index in [-0.39, 0.29) is 16.8 Å². The van der Waals surface area contributed by atoms with Crippen molar-refractivity contribution < 1.29 is 4.92 Å². The Labute approximate surface area is 97.9 Å². The SMILES string of the molecule is O=[N+]([O-])c1c(Cl)cccc1NC1CCNC1. The second-order valence-corrected chi connectivity index (χ2v) is 4.13. The van der Waals surface area contributed by atoms with E-state index in [4.69, 9.17) is 11.6 Å². The third-order valence-corrected chi connectivity index (χ3v) is 2.89. The molecular formula is C10H12ClN3O2. The zero-order valence-electron chi connectivity index (χ0n) is 8.57. The van der Waals surface area contributed by atoms with Gasteiger partial charge < -0.3 is 10.6 Å². The standard InChI is InChI=1S/C10H12ClN3O2/c11-8-2-1-3-9(10(8)14(15)16)13-7-4-5-12-6-7/h1-3,7,12-13H,4-6H2. The fraction of sp³-hybridized carbons (Fsp3) is 0.400. The maximum atomic E-state index is 10.9. The van der Waals surface area contributed by atoms with Crippen LogP contribution in [0.15, 0.2) is 18.2 Å². The van der Waals surface area contributed by atoms with Gasteiger partial charge in [0.05, 0.1) is 4.92 Å². The van der Waals surface area contributed by atoms with Crippen molar-refractivity contribution in [1.82, 2.24) is 5.32 Å². The van der Waals surface area contributed by atoms with Gasteiger partial charge in [-0.3, -0.25) is 10.1 Å². The summed E-state index contributed by atoms with van der Waals surface area (Å²) in [6.07, 6.45) is 0.962. The predicted molar refractivity (Wildman–Crippen MR) is 63.0 cm³/mol. The van der Waals surface area contributed by atoms with Crippen molar-refractivity contribution in [3.05, 3.63) is 33.3 Å². The highest BCUT2D eigenvalue weighted by atomic mass is 35.5. The summed E-state index contributed by atoms with van der Waals surface area (Å²) in [5.74, 6) is 0. The van der Waals surface area contributed by atoms with Gasteiger partial charge in [0.25, 0.3) is 0 Å². The molecule has 5 nitrogen and oxygen atoms in total. The molecule has 1 saturated heterocycles. The molecule has 1 atom stereocenters. The number of hydrogen-bond donors (Lipinski definition) is 2. The second kappa shape index (κ2) is 4.67. The first kappa shape index (κ1) is 11.2. The average Bonchev–Trinajstić information content (AvgIpc) is 2.70. The molecule has 1 unspecified atom stereocenters. The number of anilines is 1. The maximum Gasteiger partial charge on any atom is 0.310 e. The number of halogens is 1. The largest absolute Gasteiger partial charge is 0.375 e. The number of nitro groups is 1. The van der Waals surface area contributed by atoms with Crippen LogP contribution in [-0.4, -0.2) is 24.1 Å². The van der Waals surface area contributed by atoms with Gasteiger partial charge in [0.2, 0.25) is 0 Å².